The van der Waals surface area contributed by atoms with E-state index in [-0.39, 0.29) is 5.97 Å². The number of anilines is 1. The quantitative estimate of drug-likeness (QED) is 0.505. The minimum atomic E-state index is -0.275. The maximum Gasteiger partial charge on any atom is 0.343 e. The summed E-state index contributed by atoms with van der Waals surface area (Å²) in [7, 11) is 0. The third-order valence-electron chi connectivity index (χ3n) is 3.34. The molecule has 0 bridgehead atoms. The molecule has 0 aliphatic rings. The lowest BCUT2D eigenvalue weighted by Crippen LogP contribution is -2.09. The summed E-state index contributed by atoms with van der Waals surface area (Å²) in [4.78, 5) is 11.9. The summed E-state index contributed by atoms with van der Waals surface area (Å²) >= 11 is 1.34. The fraction of sp³-hybridized carbons (Fsp3) is 0.750. The Morgan fingerprint density at radius 2 is 2.00 bits per heavy atom. The smallest absolute Gasteiger partial charge is 0.343 e. The van der Waals surface area contributed by atoms with Crippen LogP contribution >= 0.6 is 11.5 Å². The second-order valence-corrected chi connectivity index (χ2v) is 6.49. The van der Waals surface area contributed by atoms with Crippen molar-refractivity contribution in [2.24, 2.45) is 5.92 Å². The molecule has 0 spiro atoms. The van der Waals surface area contributed by atoms with Gasteiger partial charge in [0.25, 0.3) is 0 Å². The average Bonchev–Trinajstić information content (AvgIpc) is 2.79. The van der Waals surface area contributed by atoms with Gasteiger partial charge in [0.2, 0.25) is 0 Å². The van der Waals surface area contributed by atoms with Crippen LogP contribution in [0.4, 0.5) is 5.00 Å². The van der Waals surface area contributed by atoms with Crippen LogP contribution in [-0.4, -0.2) is 23.5 Å². The first-order valence-electron chi connectivity index (χ1n) is 7.93. The van der Waals surface area contributed by atoms with Crippen molar-refractivity contribution >= 4 is 22.5 Å². The number of aryl methyl sites for hydroxylation is 1. The largest absolute Gasteiger partial charge is 0.462 e. The van der Waals surface area contributed by atoms with Crippen LogP contribution in [0.3, 0.4) is 0 Å². The molecule has 0 saturated heterocycles. The number of unbranched alkanes of at least 4 members (excludes halogenated alkanes) is 3. The summed E-state index contributed by atoms with van der Waals surface area (Å²) in [6.45, 7) is 9.48. The van der Waals surface area contributed by atoms with E-state index < -0.39 is 0 Å². The summed E-state index contributed by atoms with van der Waals surface area (Å²) in [6, 6.07) is 0. The maximum atomic E-state index is 11.9. The van der Waals surface area contributed by atoms with Crippen molar-refractivity contribution in [1.29, 1.82) is 0 Å². The van der Waals surface area contributed by atoms with Gasteiger partial charge < -0.3 is 10.1 Å². The summed E-state index contributed by atoms with van der Waals surface area (Å²) < 4.78 is 9.32. The SMILES string of the molecule is CCOC(=O)c1c(C)nsc1NCCCCCCC(C)C. The molecule has 1 N–H and O–H groups in total. The summed E-state index contributed by atoms with van der Waals surface area (Å²) in [5.41, 5.74) is 1.35. The minimum Gasteiger partial charge on any atom is -0.462 e. The Labute approximate surface area is 132 Å². The lowest BCUT2D eigenvalue weighted by molar-refractivity contribution is 0.0527. The Hall–Kier alpha value is -1.10. The number of aromatic nitrogens is 1. The molecule has 0 atom stereocenters. The number of nitrogens with zero attached hydrogens (tertiary/aromatic N) is 1. The van der Waals surface area contributed by atoms with Crippen LogP contribution in [0.2, 0.25) is 0 Å². The van der Waals surface area contributed by atoms with Gasteiger partial charge in [-0.1, -0.05) is 39.5 Å². The van der Waals surface area contributed by atoms with E-state index in [9.17, 15) is 4.79 Å². The fourth-order valence-corrected chi connectivity index (χ4v) is 2.98. The van der Waals surface area contributed by atoms with E-state index in [1.807, 2.05) is 13.8 Å². The van der Waals surface area contributed by atoms with E-state index in [0.29, 0.717) is 12.2 Å². The van der Waals surface area contributed by atoms with Gasteiger partial charge in [-0.3, -0.25) is 0 Å². The lowest BCUT2D eigenvalue weighted by Gasteiger charge is -2.07. The van der Waals surface area contributed by atoms with Gasteiger partial charge >= 0.3 is 5.97 Å². The van der Waals surface area contributed by atoms with E-state index in [1.54, 1.807) is 0 Å². The van der Waals surface area contributed by atoms with E-state index in [0.717, 1.165) is 29.6 Å². The van der Waals surface area contributed by atoms with Gasteiger partial charge in [-0.2, -0.15) is 4.37 Å². The molecule has 0 aromatic carbocycles. The summed E-state index contributed by atoms with van der Waals surface area (Å²) in [5.74, 6) is 0.526. The molecule has 5 heteroatoms. The minimum absolute atomic E-state index is 0.275. The number of ether oxygens (including phenoxy) is 1. The third-order valence-corrected chi connectivity index (χ3v) is 4.23. The Morgan fingerprint density at radius 1 is 1.29 bits per heavy atom. The second kappa shape index (κ2) is 9.77. The highest BCUT2D eigenvalue weighted by atomic mass is 32.1. The number of carbonyl (C=O) groups excluding carboxylic acids is 1. The number of esters is 1. The normalized spacial score (nSPS) is 10.9. The first-order chi connectivity index (χ1) is 10.1. The highest BCUT2D eigenvalue weighted by molar-refractivity contribution is 7.10. The van der Waals surface area contributed by atoms with Gasteiger partial charge in [-0.05, 0) is 37.7 Å². The molecule has 0 aliphatic carbocycles. The van der Waals surface area contributed by atoms with Crippen molar-refractivity contribution in [2.45, 2.75) is 59.8 Å². The van der Waals surface area contributed by atoms with E-state index in [2.05, 4.69) is 23.5 Å². The highest BCUT2D eigenvalue weighted by Gasteiger charge is 2.19. The van der Waals surface area contributed by atoms with Gasteiger partial charge in [0.1, 0.15) is 10.6 Å². The Balaban J connectivity index is 2.31. The molecule has 120 valence electrons. The van der Waals surface area contributed by atoms with Crippen molar-refractivity contribution in [3.05, 3.63) is 11.3 Å². The van der Waals surface area contributed by atoms with Gasteiger partial charge in [0, 0.05) is 6.54 Å². The number of nitrogens with one attached hydrogen (secondary N) is 1. The van der Waals surface area contributed by atoms with E-state index in [4.69, 9.17) is 4.74 Å². The highest BCUT2D eigenvalue weighted by Crippen LogP contribution is 2.25. The Bertz CT molecular complexity index is 430. The molecule has 0 unspecified atom stereocenters. The second-order valence-electron chi connectivity index (χ2n) is 5.72. The standard InChI is InChI=1S/C16H28N2O2S/c1-5-20-16(19)14-13(4)18-21-15(14)17-11-9-7-6-8-10-12(2)3/h12,17H,5-11H2,1-4H3. The van der Waals surface area contributed by atoms with Crippen LogP contribution in [0, 0.1) is 12.8 Å². The predicted molar refractivity (Wildman–Crippen MR) is 89.2 cm³/mol. The average molecular weight is 312 g/mol. The zero-order valence-electron chi connectivity index (χ0n) is 13.7. The maximum absolute atomic E-state index is 11.9. The number of carbonyl (C=O) groups is 1. The first kappa shape index (κ1) is 18.0. The van der Waals surface area contributed by atoms with Crippen LogP contribution in [0.5, 0.6) is 0 Å². The van der Waals surface area contributed by atoms with Crippen molar-refractivity contribution < 1.29 is 9.53 Å². The zero-order chi connectivity index (χ0) is 15.7. The lowest BCUT2D eigenvalue weighted by atomic mass is 10.0. The van der Waals surface area contributed by atoms with E-state index >= 15 is 0 Å². The fourth-order valence-electron chi connectivity index (χ4n) is 2.17. The van der Waals surface area contributed by atoms with Gasteiger partial charge in [-0.25, -0.2) is 4.79 Å². The summed E-state index contributed by atoms with van der Waals surface area (Å²) in [5, 5.41) is 4.17. The Morgan fingerprint density at radius 3 is 2.67 bits per heavy atom. The number of rotatable bonds is 10. The molecule has 0 saturated carbocycles. The molecule has 0 fully saturated rings. The van der Waals surface area contributed by atoms with Crippen LogP contribution < -0.4 is 5.32 Å². The topological polar surface area (TPSA) is 51.2 Å². The van der Waals surface area contributed by atoms with E-state index in [1.165, 1.54) is 37.2 Å². The van der Waals surface area contributed by atoms with Gasteiger partial charge in [0.15, 0.2) is 0 Å². The molecule has 1 aromatic rings. The van der Waals surface area contributed by atoms with Crippen molar-refractivity contribution in [3.63, 3.8) is 0 Å². The van der Waals surface area contributed by atoms with Crippen LogP contribution in [0.1, 0.15) is 68.9 Å². The molecule has 0 radical (unpaired) electrons. The van der Waals surface area contributed by atoms with Crippen molar-refractivity contribution in [2.75, 3.05) is 18.5 Å². The predicted octanol–water partition coefficient (Wildman–Crippen LogP) is 4.65. The van der Waals surface area contributed by atoms with Crippen LogP contribution in [0.25, 0.3) is 0 Å². The zero-order valence-corrected chi connectivity index (χ0v) is 14.5. The molecular formula is C16H28N2O2S. The van der Waals surface area contributed by atoms with Gasteiger partial charge in [-0.15, -0.1) is 0 Å². The third kappa shape index (κ3) is 6.46. The molecule has 0 aliphatic heterocycles. The molecule has 0 amide bonds. The molecule has 1 heterocycles. The molecule has 1 rings (SSSR count). The van der Waals surface area contributed by atoms with Crippen LogP contribution in [-0.2, 0) is 4.74 Å². The summed E-state index contributed by atoms with van der Waals surface area (Å²) in [6.07, 6.45) is 6.26. The Kier molecular flexibility index (Phi) is 8.35. The van der Waals surface area contributed by atoms with Crippen molar-refractivity contribution in [3.8, 4) is 0 Å². The van der Waals surface area contributed by atoms with Crippen LogP contribution in [0.15, 0.2) is 0 Å². The van der Waals surface area contributed by atoms with Gasteiger partial charge in [0.05, 0.1) is 12.3 Å². The number of hydrogen-bond acceptors (Lipinski definition) is 5. The molecule has 1 aromatic heterocycles. The number of hydrogen-bond donors (Lipinski definition) is 1. The molecule has 21 heavy (non-hydrogen) atoms. The monoisotopic (exact) mass is 312 g/mol. The molecular weight excluding hydrogens is 284 g/mol. The molecule has 4 nitrogen and oxygen atoms in total. The van der Waals surface area contributed by atoms with Crippen molar-refractivity contribution in [1.82, 2.24) is 4.37 Å². The first-order valence-corrected chi connectivity index (χ1v) is 8.70.